The Labute approximate surface area is 175 Å². The second-order valence-corrected chi connectivity index (χ2v) is 7.34. The lowest BCUT2D eigenvalue weighted by molar-refractivity contribution is 0.0948. The third kappa shape index (κ3) is 3.89. The summed E-state index contributed by atoms with van der Waals surface area (Å²) in [4.78, 5) is 31.3. The highest BCUT2D eigenvalue weighted by Gasteiger charge is 2.31. The average Bonchev–Trinajstić information content (AvgIpc) is 3.12. The van der Waals surface area contributed by atoms with E-state index in [0.29, 0.717) is 23.4 Å². The van der Waals surface area contributed by atoms with Gasteiger partial charge in [-0.15, -0.1) is 0 Å². The van der Waals surface area contributed by atoms with Crippen molar-refractivity contribution in [3.05, 3.63) is 89.2 Å². The number of rotatable bonds is 5. The van der Waals surface area contributed by atoms with Gasteiger partial charge in [-0.25, -0.2) is 0 Å². The van der Waals surface area contributed by atoms with Crippen molar-refractivity contribution in [3.63, 3.8) is 0 Å². The van der Waals surface area contributed by atoms with Crippen LogP contribution in [-0.4, -0.2) is 29.9 Å². The fourth-order valence-electron chi connectivity index (χ4n) is 3.73. The first-order valence-corrected chi connectivity index (χ1v) is 9.84. The SMILES string of the molecule is COc1ccc(C(=O)N2c3cc(CNC(=O)c4cccnc4)ccc3CC2C)cc1. The van der Waals surface area contributed by atoms with E-state index in [0.717, 1.165) is 23.2 Å². The highest BCUT2D eigenvalue weighted by Crippen LogP contribution is 2.34. The summed E-state index contributed by atoms with van der Waals surface area (Å²) in [5.41, 5.74) is 4.10. The summed E-state index contributed by atoms with van der Waals surface area (Å²) in [6.07, 6.45) is 3.97. The van der Waals surface area contributed by atoms with Crippen LogP contribution in [0.4, 0.5) is 5.69 Å². The monoisotopic (exact) mass is 401 g/mol. The summed E-state index contributed by atoms with van der Waals surface area (Å²) in [5.74, 6) is 0.497. The molecule has 0 spiro atoms. The minimum atomic E-state index is -0.178. The fraction of sp³-hybridized carbons (Fsp3) is 0.208. The molecule has 2 aromatic carbocycles. The Morgan fingerprint density at radius 3 is 2.63 bits per heavy atom. The topological polar surface area (TPSA) is 71.5 Å². The Morgan fingerprint density at radius 1 is 1.13 bits per heavy atom. The van der Waals surface area contributed by atoms with Gasteiger partial charge in [-0.2, -0.15) is 0 Å². The smallest absolute Gasteiger partial charge is 0.258 e. The molecule has 1 aromatic heterocycles. The molecule has 1 atom stereocenters. The number of methoxy groups -OCH3 is 1. The van der Waals surface area contributed by atoms with Crippen LogP contribution >= 0.6 is 0 Å². The van der Waals surface area contributed by atoms with Gasteiger partial charge in [-0.1, -0.05) is 12.1 Å². The van der Waals surface area contributed by atoms with Crippen molar-refractivity contribution in [2.75, 3.05) is 12.0 Å². The summed E-state index contributed by atoms with van der Waals surface area (Å²) >= 11 is 0. The molecular weight excluding hydrogens is 378 g/mol. The third-order valence-electron chi connectivity index (χ3n) is 5.30. The number of benzene rings is 2. The van der Waals surface area contributed by atoms with Gasteiger partial charge in [-0.3, -0.25) is 14.6 Å². The molecule has 30 heavy (non-hydrogen) atoms. The molecule has 0 fully saturated rings. The van der Waals surface area contributed by atoms with Crippen LogP contribution in [0.5, 0.6) is 5.75 Å². The molecule has 0 aliphatic carbocycles. The van der Waals surface area contributed by atoms with Crippen LogP contribution in [0, 0.1) is 0 Å². The van der Waals surface area contributed by atoms with E-state index in [1.54, 1.807) is 49.7 Å². The number of nitrogens with zero attached hydrogens (tertiary/aromatic N) is 2. The van der Waals surface area contributed by atoms with Gasteiger partial charge in [0.2, 0.25) is 0 Å². The van der Waals surface area contributed by atoms with E-state index < -0.39 is 0 Å². The number of aromatic nitrogens is 1. The average molecular weight is 401 g/mol. The number of hydrogen-bond donors (Lipinski definition) is 1. The summed E-state index contributed by atoms with van der Waals surface area (Å²) in [7, 11) is 1.60. The maximum absolute atomic E-state index is 13.2. The molecule has 0 bridgehead atoms. The molecular formula is C24H23N3O3. The Morgan fingerprint density at radius 2 is 1.93 bits per heavy atom. The van der Waals surface area contributed by atoms with E-state index in [9.17, 15) is 9.59 Å². The number of nitrogens with one attached hydrogen (secondary N) is 1. The largest absolute Gasteiger partial charge is 0.497 e. The maximum Gasteiger partial charge on any atom is 0.258 e. The molecule has 2 amide bonds. The van der Waals surface area contributed by atoms with E-state index in [1.807, 2.05) is 30.0 Å². The Kier molecular flexibility index (Phi) is 5.48. The predicted molar refractivity (Wildman–Crippen MR) is 115 cm³/mol. The minimum Gasteiger partial charge on any atom is -0.497 e. The number of ether oxygens (including phenoxy) is 1. The number of pyridine rings is 1. The van der Waals surface area contributed by atoms with Crippen molar-refractivity contribution in [1.29, 1.82) is 0 Å². The van der Waals surface area contributed by atoms with Crippen LogP contribution in [0.25, 0.3) is 0 Å². The van der Waals surface area contributed by atoms with Crippen molar-refractivity contribution in [2.45, 2.75) is 25.9 Å². The number of hydrogen-bond acceptors (Lipinski definition) is 4. The normalized spacial score (nSPS) is 14.9. The Balaban J connectivity index is 1.53. The quantitative estimate of drug-likeness (QED) is 0.709. The first kappa shape index (κ1) is 19.6. The molecule has 0 radical (unpaired) electrons. The first-order chi connectivity index (χ1) is 14.6. The van der Waals surface area contributed by atoms with E-state index in [4.69, 9.17) is 4.74 Å². The molecule has 4 rings (SSSR count). The van der Waals surface area contributed by atoms with Gasteiger partial charge in [0.05, 0.1) is 12.7 Å². The summed E-state index contributed by atoms with van der Waals surface area (Å²) < 4.78 is 5.18. The standard InChI is InChI=1S/C24H23N3O3/c1-16-12-19-6-5-17(14-26-23(28)20-4-3-11-25-15-20)13-22(19)27(16)24(29)18-7-9-21(30-2)10-8-18/h3-11,13,15-16H,12,14H2,1-2H3,(H,26,28). The summed E-state index contributed by atoms with van der Waals surface area (Å²) in [6.45, 7) is 2.42. The number of carbonyl (C=O) groups excluding carboxylic acids is 2. The van der Waals surface area contributed by atoms with Gasteiger partial charge in [0.1, 0.15) is 5.75 Å². The van der Waals surface area contributed by atoms with E-state index in [-0.39, 0.29) is 17.9 Å². The second-order valence-electron chi connectivity index (χ2n) is 7.34. The highest BCUT2D eigenvalue weighted by molar-refractivity contribution is 6.07. The predicted octanol–water partition coefficient (Wildman–Crippen LogP) is 3.61. The van der Waals surface area contributed by atoms with Crippen LogP contribution in [0.2, 0.25) is 0 Å². The maximum atomic E-state index is 13.2. The van der Waals surface area contributed by atoms with Gasteiger partial charge >= 0.3 is 0 Å². The number of fused-ring (bicyclic) bond motifs is 1. The molecule has 6 heteroatoms. The van der Waals surface area contributed by atoms with Crippen molar-refractivity contribution in [1.82, 2.24) is 10.3 Å². The Bertz CT molecular complexity index is 1060. The molecule has 152 valence electrons. The molecule has 1 N–H and O–H groups in total. The fourth-order valence-corrected chi connectivity index (χ4v) is 3.73. The van der Waals surface area contributed by atoms with Crippen molar-refractivity contribution >= 4 is 17.5 Å². The van der Waals surface area contributed by atoms with Crippen LogP contribution in [-0.2, 0) is 13.0 Å². The van der Waals surface area contributed by atoms with Gasteiger partial charge in [0.25, 0.3) is 11.8 Å². The molecule has 6 nitrogen and oxygen atoms in total. The van der Waals surface area contributed by atoms with E-state index in [1.165, 1.54) is 6.20 Å². The van der Waals surface area contributed by atoms with E-state index >= 15 is 0 Å². The molecule has 2 heterocycles. The first-order valence-electron chi connectivity index (χ1n) is 9.84. The van der Waals surface area contributed by atoms with Gasteiger partial charge in [0.15, 0.2) is 0 Å². The molecule has 1 aliphatic rings. The number of carbonyl (C=O) groups is 2. The van der Waals surface area contributed by atoms with E-state index in [2.05, 4.69) is 10.3 Å². The molecule has 0 saturated heterocycles. The van der Waals surface area contributed by atoms with Gasteiger partial charge < -0.3 is 15.0 Å². The van der Waals surface area contributed by atoms with Crippen LogP contribution in [0.1, 0.15) is 38.8 Å². The zero-order chi connectivity index (χ0) is 21.1. The van der Waals surface area contributed by atoms with Crippen molar-refractivity contribution in [3.8, 4) is 5.75 Å². The molecule has 3 aromatic rings. The minimum absolute atomic E-state index is 0.0413. The van der Waals surface area contributed by atoms with Gasteiger partial charge in [0, 0.05) is 36.2 Å². The van der Waals surface area contributed by atoms with Crippen LogP contribution in [0.3, 0.4) is 0 Å². The lowest BCUT2D eigenvalue weighted by Gasteiger charge is -2.23. The molecule has 1 unspecified atom stereocenters. The van der Waals surface area contributed by atoms with Crippen molar-refractivity contribution < 1.29 is 14.3 Å². The Hall–Kier alpha value is -3.67. The highest BCUT2D eigenvalue weighted by atomic mass is 16.5. The number of amides is 2. The summed E-state index contributed by atoms with van der Waals surface area (Å²) in [6, 6.07) is 16.7. The lowest BCUT2D eigenvalue weighted by atomic mass is 10.1. The molecule has 0 saturated carbocycles. The third-order valence-corrected chi connectivity index (χ3v) is 5.30. The second kappa shape index (κ2) is 8.37. The molecule has 1 aliphatic heterocycles. The number of anilines is 1. The van der Waals surface area contributed by atoms with Gasteiger partial charge in [-0.05, 0) is 66.9 Å². The zero-order valence-electron chi connectivity index (χ0n) is 17.0. The van der Waals surface area contributed by atoms with Crippen molar-refractivity contribution in [2.24, 2.45) is 0 Å². The van der Waals surface area contributed by atoms with Crippen LogP contribution < -0.4 is 15.0 Å². The zero-order valence-corrected chi connectivity index (χ0v) is 17.0. The summed E-state index contributed by atoms with van der Waals surface area (Å²) in [5, 5.41) is 2.91. The van der Waals surface area contributed by atoms with Crippen LogP contribution in [0.15, 0.2) is 67.0 Å². The lowest BCUT2D eigenvalue weighted by Crippen LogP contribution is -2.35.